The van der Waals surface area contributed by atoms with E-state index in [1.54, 1.807) is 28.9 Å². The van der Waals surface area contributed by atoms with E-state index >= 15 is 0 Å². The number of aromatic nitrogens is 2. The molecule has 0 aliphatic carbocycles. The number of nitrogens with zero attached hydrogens (tertiary/aromatic N) is 3. The van der Waals surface area contributed by atoms with E-state index in [1.807, 2.05) is 30.3 Å². The summed E-state index contributed by atoms with van der Waals surface area (Å²) in [6, 6.07) is 11.5. The Bertz CT molecular complexity index is 680. The van der Waals surface area contributed by atoms with E-state index in [2.05, 4.69) is 10.4 Å². The normalized spacial score (nSPS) is 17.8. The third-order valence-electron chi connectivity index (χ3n) is 3.87. The van der Waals surface area contributed by atoms with Gasteiger partial charge in [-0.25, -0.2) is 0 Å². The van der Waals surface area contributed by atoms with Crippen LogP contribution in [-0.4, -0.2) is 33.0 Å². The monoisotopic (exact) mass is 298 g/mol. The second-order valence-electron chi connectivity index (χ2n) is 5.49. The smallest absolute Gasteiger partial charge is 0.230 e. The molecule has 1 fully saturated rings. The van der Waals surface area contributed by atoms with E-state index < -0.39 is 0 Å². The van der Waals surface area contributed by atoms with Gasteiger partial charge in [-0.15, -0.1) is 0 Å². The highest BCUT2D eigenvalue weighted by Crippen LogP contribution is 2.21. The molecule has 1 aliphatic rings. The molecular formula is C16H18N4O2. The largest absolute Gasteiger partial charge is 0.338 e. The van der Waals surface area contributed by atoms with Gasteiger partial charge in [0.2, 0.25) is 11.8 Å². The maximum Gasteiger partial charge on any atom is 0.230 e. The van der Waals surface area contributed by atoms with E-state index in [1.165, 1.54) is 0 Å². The first-order valence-corrected chi connectivity index (χ1v) is 7.24. The van der Waals surface area contributed by atoms with Gasteiger partial charge < -0.3 is 10.2 Å². The molecule has 114 valence electrons. The van der Waals surface area contributed by atoms with Crippen molar-refractivity contribution in [2.24, 2.45) is 13.0 Å². The summed E-state index contributed by atoms with van der Waals surface area (Å²) in [6.07, 6.45) is 1.88. The molecule has 1 N–H and O–H groups in total. The van der Waals surface area contributed by atoms with Crippen LogP contribution in [0.3, 0.4) is 0 Å². The molecule has 1 aromatic heterocycles. The molecule has 6 heteroatoms. The average molecular weight is 298 g/mol. The molecule has 0 saturated carbocycles. The first-order chi connectivity index (χ1) is 10.6. The summed E-state index contributed by atoms with van der Waals surface area (Å²) in [7, 11) is 1.76. The fourth-order valence-electron chi connectivity index (χ4n) is 2.63. The van der Waals surface area contributed by atoms with Crippen LogP contribution in [-0.2, 0) is 23.2 Å². The second kappa shape index (κ2) is 6.01. The SMILES string of the molecule is Cn1nccc1NC(=O)C1CC(=O)N(Cc2ccccc2)C1. The van der Waals surface area contributed by atoms with Crippen molar-refractivity contribution < 1.29 is 9.59 Å². The molecule has 0 spiro atoms. The molecule has 6 nitrogen and oxygen atoms in total. The minimum Gasteiger partial charge on any atom is -0.338 e. The highest BCUT2D eigenvalue weighted by Gasteiger charge is 2.34. The maximum absolute atomic E-state index is 12.3. The Labute approximate surface area is 128 Å². The number of nitrogens with one attached hydrogen (secondary N) is 1. The molecule has 22 heavy (non-hydrogen) atoms. The molecular weight excluding hydrogens is 280 g/mol. The number of carbonyl (C=O) groups is 2. The van der Waals surface area contributed by atoms with Crippen LogP contribution in [0, 0.1) is 5.92 Å². The van der Waals surface area contributed by atoms with Crippen LogP contribution in [0.25, 0.3) is 0 Å². The van der Waals surface area contributed by atoms with Crippen molar-refractivity contribution in [3.05, 3.63) is 48.2 Å². The van der Waals surface area contributed by atoms with Gasteiger partial charge in [-0.2, -0.15) is 5.10 Å². The van der Waals surface area contributed by atoms with Gasteiger partial charge in [-0.05, 0) is 5.56 Å². The summed E-state index contributed by atoms with van der Waals surface area (Å²) in [4.78, 5) is 26.1. The van der Waals surface area contributed by atoms with E-state index in [0.717, 1.165) is 5.56 Å². The Kier molecular flexibility index (Phi) is 3.91. The van der Waals surface area contributed by atoms with Crippen LogP contribution in [0.15, 0.2) is 42.6 Å². The lowest BCUT2D eigenvalue weighted by atomic mass is 10.1. The van der Waals surface area contributed by atoms with Crippen LogP contribution in [0.1, 0.15) is 12.0 Å². The Hall–Kier alpha value is -2.63. The molecule has 1 saturated heterocycles. The first-order valence-electron chi connectivity index (χ1n) is 7.24. The molecule has 0 radical (unpaired) electrons. The minimum atomic E-state index is -0.314. The van der Waals surface area contributed by atoms with Crippen molar-refractivity contribution in [2.45, 2.75) is 13.0 Å². The van der Waals surface area contributed by atoms with E-state index in [-0.39, 0.29) is 24.2 Å². The molecule has 1 aromatic carbocycles. The summed E-state index contributed by atoms with van der Waals surface area (Å²) in [5, 5.41) is 6.83. The number of likely N-dealkylation sites (tertiary alicyclic amines) is 1. The summed E-state index contributed by atoms with van der Waals surface area (Å²) in [6.45, 7) is 1.01. The third-order valence-corrected chi connectivity index (χ3v) is 3.87. The van der Waals surface area contributed by atoms with Crippen LogP contribution in [0.4, 0.5) is 5.82 Å². The van der Waals surface area contributed by atoms with Crippen molar-refractivity contribution in [3.63, 3.8) is 0 Å². The Morgan fingerprint density at radius 3 is 2.77 bits per heavy atom. The number of rotatable bonds is 4. The zero-order valence-electron chi connectivity index (χ0n) is 12.4. The molecule has 2 aromatic rings. The number of carbonyl (C=O) groups excluding carboxylic acids is 2. The van der Waals surface area contributed by atoms with Crippen molar-refractivity contribution in [1.82, 2.24) is 14.7 Å². The molecule has 1 atom stereocenters. The molecule has 3 rings (SSSR count). The van der Waals surface area contributed by atoms with Gasteiger partial charge in [0, 0.05) is 32.6 Å². The van der Waals surface area contributed by atoms with Gasteiger partial charge in [0.1, 0.15) is 5.82 Å². The molecule has 2 heterocycles. The Balaban J connectivity index is 1.62. The van der Waals surface area contributed by atoms with Crippen molar-refractivity contribution in [2.75, 3.05) is 11.9 Å². The standard InChI is InChI=1S/C16H18N4O2/c1-19-14(7-8-17-19)18-16(22)13-9-15(21)20(11-13)10-12-5-3-2-4-6-12/h2-8,13H,9-11H2,1H3,(H,18,22). The zero-order valence-corrected chi connectivity index (χ0v) is 12.4. The summed E-state index contributed by atoms with van der Waals surface area (Å²) >= 11 is 0. The zero-order chi connectivity index (χ0) is 15.5. The van der Waals surface area contributed by atoms with Crippen molar-refractivity contribution in [3.8, 4) is 0 Å². The predicted octanol–water partition coefficient (Wildman–Crippen LogP) is 1.41. The van der Waals surface area contributed by atoms with Gasteiger partial charge in [-0.3, -0.25) is 14.3 Å². The summed E-state index contributed by atoms with van der Waals surface area (Å²) in [5.41, 5.74) is 1.07. The fraction of sp³-hybridized carbons (Fsp3) is 0.312. The van der Waals surface area contributed by atoms with Crippen LogP contribution in [0.2, 0.25) is 0 Å². The summed E-state index contributed by atoms with van der Waals surface area (Å²) in [5.74, 6) is 0.214. The highest BCUT2D eigenvalue weighted by atomic mass is 16.2. The van der Waals surface area contributed by atoms with Crippen LogP contribution in [0.5, 0.6) is 0 Å². The van der Waals surface area contributed by atoms with Gasteiger partial charge in [0.15, 0.2) is 0 Å². The van der Waals surface area contributed by atoms with Crippen molar-refractivity contribution >= 4 is 17.6 Å². The van der Waals surface area contributed by atoms with Gasteiger partial charge in [-0.1, -0.05) is 30.3 Å². The van der Waals surface area contributed by atoms with Gasteiger partial charge in [0.05, 0.1) is 12.1 Å². The predicted molar refractivity (Wildman–Crippen MR) is 81.8 cm³/mol. The molecule has 0 bridgehead atoms. The first kappa shape index (κ1) is 14.3. The van der Waals surface area contributed by atoms with Gasteiger partial charge >= 0.3 is 0 Å². The highest BCUT2D eigenvalue weighted by molar-refractivity contribution is 5.96. The van der Waals surface area contributed by atoms with Crippen LogP contribution < -0.4 is 5.32 Å². The van der Waals surface area contributed by atoms with Crippen molar-refractivity contribution in [1.29, 1.82) is 0 Å². The number of amides is 2. The number of anilines is 1. The third kappa shape index (κ3) is 3.00. The molecule has 2 amide bonds. The number of aryl methyl sites for hydroxylation is 1. The minimum absolute atomic E-state index is 0.0222. The lowest BCUT2D eigenvalue weighted by Crippen LogP contribution is -2.28. The molecule has 1 aliphatic heterocycles. The maximum atomic E-state index is 12.3. The quantitative estimate of drug-likeness (QED) is 0.928. The topological polar surface area (TPSA) is 67.2 Å². The Morgan fingerprint density at radius 2 is 2.09 bits per heavy atom. The average Bonchev–Trinajstić information content (AvgIpc) is 3.07. The lowest BCUT2D eigenvalue weighted by Gasteiger charge is -2.16. The van der Waals surface area contributed by atoms with E-state index in [4.69, 9.17) is 0 Å². The number of hydrogen-bond acceptors (Lipinski definition) is 3. The second-order valence-corrected chi connectivity index (χ2v) is 5.49. The Morgan fingerprint density at radius 1 is 1.32 bits per heavy atom. The molecule has 1 unspecified atom stereocenters. The van der Waals surface area contributed by atoms with Crippen LogP contribution >= 0.6 is 0 Å². The summed E-state index contributed by atoms with van der Waals surface area (Å²) < 4.78 is 1.59. The van der Waals surface area contributed by atoms with E-state index in [9.17, 15) is 9.59 Å². The van der Waals surface area contributed by atoms with E-state index in [0.29, 0.717) is 18.9 Å². The number of benzene rings is 1. The van der Waals surface area contributed by atoms with Gasteiger partial charge in [0.25, 0.3) is 0 Å². The fourth-order valence-corrected chi connectivity index (χ4v) is 2.63. The number of hydrogen-bond donors (Lipinski definition) is 1. The lowest BCUT2D eigenvalue weighted by molar-refractivity contribution is -0.128.